The third-order valence-corrected chi connectivity index (χ3v) is 4.14. The van der Waals surface area contributed by atoms with Crippen LogP contribution in [0, 0.1) is 21.4 Å². The van der Waals surface area contributed by atoms with Gasteiger partial charge in [-0.3, -0.25) is 10.1 Å². The van der Waals surface area contributed by atoms with Crippen LogP contribution in [0.25, 0.3) is 0 Å². The highest BCUT2D eigenvalue weighted by atomic mass is 35.5. The summed E-state index contributed by atoms with van der Waals surface area (Å²) in [5.41, 5.74) is 1.52. The molecule has 0 aromatic heterocycles. The van der Waals surface area contributed by atoms with E-state index in [1.165, 1.54) is 12.1 Å². The molecular weight excluding hydrogens is 377 g/mol. The second-order valence-corrected chi connectivity index (χ2v) is 6.03. The van der Waals surface area contributed by atoms with E-state index in [4.69, 9.17) is 28.5 Å². The summed E-state index contributed by atoms with van der Waals surface area (Å²) in [5.74, 6) is 0. The van der Waals surface area contributed by atoms with Gasteiger partial charge in [0.2, 0.25) is 0 Å². The minimum atomic E-state index is -0.580. The number of nitro groups is 1. The van der Waals surface area contributed by atoms with E-state index in [-0.39, 0.29) is 21.4 Å². The molecule has 0 saturated heterocycles. The van der Waals surface area contributed by atoms with Crippen molar-refractivity contribution in [1.82, 2.24) is 0 Å². The average molecular weight is 392 g/mol. The first-order valence-corrected chi connectivity index (χ1v) is 8.49. The van der Waals surface area contributed by atoms with Crippen LogP contribution in [-0.4, -0.2) is 18.0 Å². The first-order valence-electron chi connectivity index (χ1n) is 7.73. The number of hydrogen-bond acceptors (Lipinski definition) is 6. The summed E-state index contributed by atoms with van der Waals surface area (Å²) in [6.07, 6.45) is 0.451. The molecule has 0 unspecified atom stereocenters. The SMILES string of the molecule is CCN(CCC#N)c1ccc(/N=N/c2c(Cl)cc([N+](=O)[O-])cc2Cl)cc1. The summed E-state index contributed by atoms with van der Waals surface area (Å²) in [4.78, 5) is 12.3. The highest BCUT2D eigenvalue weighted by molar-refractivity contribution is 6.39. The van der Waals surface area contributed by atoms with Crippen molar-refractivity contribution in [2.24, 2.45) is 10.2 Å². The molecule has 2 rings (SSSR count). The molecule has 0 amide bonds. The molecule has 2 aromatic carbocycles. The molecular formula is C17H15Cl2N5O2. The van der Waals surface area contributed by atoms with Crippen LogP contribution < -0.4 is 4.90 Å². The number of rotatable bonds is 7. The van der Waals surface area contributed by atoms with Crippen molar-refractivity contribution in [3.05, 3.63) is 56.6 Å². The van der Waals surface area contributed by atoms with Crippen LogP contribution in [0.5, 0.6) is 0 Å². The lowest BCUT2D eigenvalue weighted by atomic mass is 10.2. The molecule has 0 fully saturated rings. The van der Waals surface area contributed by atoms with Gasteiger partial charge in [0.1, 0.15) is 5.69 Å². The summed E-state index contributed by atoms with van der Waals surface area (Å²) < 4.78 is 0. The average Bonchev–Trinajstić information content (AvgIpc) is 2.62. The van der Waals surface area contributed by atoms with Crippen LogP contribution >= 0.6 is 23.2 Å². The standard InChI is InChI=1S/C17H15Cl2N5O2/c1-2-23(9-3-8-20)13-6-4-12(5-7-13)21-22-17-15(18)10-14(24(25)26)11-16(17)19/h4-7,10-11H,2-3,9H2,1H3/b22-21+. The van der Waals surface area contributed by atoms with Crippen molar-refractivity contribution >= 4 is 46.0 Å². The zero-order chi connectivity index (χ0) is 19.1. The van der Waals surface area contributed by atoms with E-state index in [1.807, 2.05) is 19.1 Å². The predicted molar refractivity (Wildman–Crippen MR) is 102 cm³/mol. The van der Waals surface area contributed by atoms with E-state index >= 15 is 0 Å². The predicted octanol–water partition coefficient (Wildman–Crippen LogP) is 6.06. The van der Waals surface area contributed by atoms with Gasteiger partial charge in [-0.05, 0) is 31.2 Å². The first kappa shape index (κ1) is 19.6. The maximum absolute atomic E-state index is 10.8. The number of halogens is 2. The zero-order valence-corrected chi connectivity index (χ0v) is 15.4. The largest absolute Gasteiger partial charge is 0.371 e. The van der Waals surface area contributed by atoms with Gasteiger partial charge in [-0.25, -0.2) is 0 Å². The van der Waals surface area contributed by atoms with Crippen molar-refractivity contribution in [2.75, 3.05) is 18.0 Å². The van der Waals surface area contributed by atoms with Crippen molar-refractivity contribution in [1.29, 1.82) is 5.26 Å². The Morgan fingerprint density at radius 3 is 2.31 bits per heavy atom. The zero-order valence-electron chi connectivity index (χ0n) is 13.9. The number of anilines is 1. The molecule has 0 atom stereocenters. The second-order valence-electron chi connectivity index (χ2n) is 5.22. The number of benzene rings is 2. The molecule has 0 spiro atoms. The van der Waals surface area contributed by atoms with E-state index < -0.39 is 4.92 Å². The number of nitro benzene ring substituents is 1. The third-order valence-electron chi connectivity index (χ3n) is 3.57. The van der Waals surface area contributed by atoms with Crippen molar-refractivity contribution in [3.63, 3.8) is 0 Å². The molecule has 134 valence electrons. The van der Waals surface area contributed by atoms with Crippen LogP contribution in [0.4, 0.5) is 22.7 Å². The molecule has 7 nitrogen and oxygen atoms in total. The monoisotopic (exact) mass is 391 g/mol. The Kier molecular flexibility index (Phi) is 6.89. The van der Waals surface area contributed by atoms with Crippen molar-refractivity contribution < 1.29 is 4.92 Å². The van der Waals surface area contributed by atoms with Crippen LogP contribution in [-0.2, 0) is 0 Å². The summed E-state index contributed by atoms with van der Waals surface area (Å²) in [5, 5.41) is 27.7. The van der Waals surface area contributed by atoms with Gasteiger partial charge in [-0.2, -0.15) is 10.4 Å². The molecule has 0 aliphatic heterocycles. The van der Waals surface area contributed by atoms with Gasteiger partial charge in [-0.15, -0.1) is 5.11 Å². The minimum Gasteiger partial charge on any atom is -0.371 e. The highest BCUT2D eigenvalue weighted by Gasteiger charge is 2.14. The quantitative estimate of drug-likeness (QED) is 0.325. The Morgan fingerprint density at radius 1 is 1.19 bits per heavy atom. The van der Waals surface area contributed by atoms with Gasteiger partial charge in [0, 0.05) is 30.9 Å². The molecule has 2 aromatic rings. The number of nitriles is 1. The van der Waals surface area contributed by atoms with Gasteiger partial charge in [0.15, 0.2) is 0 Å². The lowest BCUT2D eigenvalue weighted by Gasteiger charge is -2.21. The lowest BCUT2D eigenvalue weighted by molar-refractivity contribution is -0.384. The van der Waals surface area contributed by atoms with E-state index in [1.54, 1.807) is 12.1 Å². The van der Waals surface area contributed by atoms with Crippen molar-refractivity contribution in [2.45, 2.75) is 13.3 Å². The summed E-state index contributed by atoms with van der Waals surface area (Å²) >= 11 is 12.0. The maximum atomic E-state index is 10.8. The molecule has 0 radical (unpaired) electrons. The highest BCUT2D eigenvalue weighted by Crippen LogP contribution is 2.37. The molecule has 0 N–H and O–H groups in total. The minimum absolute atomic E-state index is 0.0539. The van der Waals surface area contributed by atoms with Gasteiger partial charge >= 0.3 is 0 Å². The summed E-state index contributed by atoms with van der Waals surface area (Å²) in [6, 6.07) is 11.8. The third kappa shape index (κ3) is 4.91. The van der Waals surface area contributed by atoms with E-state index in [9.17, 15) is 10.1 Å². The Bertz CT molecular complexity index is 839. The molecule has 0 saturated carbocycles. The maximum Gasteiger partial charge on any atom is 0.272 e. The number of non-ortho nitro benzene ring substituents is 1. The molecule has 26 heavy (non-hydrogen) atoms. The van der Waals surface area contributed by atoms with Crippen molar-refractivity contribution in [3.8, 4) is 6.07 Å². The van der Waals surface area contributed by atoms with Crippen LogP contribution in [0.15, 0.2) is 46.6 Å². The number of azo groups is 1. The van der Waals surface area contributed by atoms with Crippen LogP contribution in [0.2, 0.25) is 10.0 Å². The van der Waals surface area contributed by atoms with Gasteiger partial charge in [0.25, 0.3) is 5.69 Å². The fourth-order valence-corrected chi connectivity index (χ4v) is 2.80. The molecule has 0 aliphatic rings. The normalized spacial score (nSPS) is 10.7. The van der Waals surface area contributed by atoms with E-state index in [0.29, 0.717) is 18.7 Å². The van der Waals surface area contributed by atoms with E-state index in [0.717, 1.165) is 12.2 Å². The van der Waals surface area contributed by atoms with Crippen LogP contribution in [0.3, 0.4) is 0 Å². The smallest absolute Gasteiger partial charge is 0.272 e. The topological polar surface area (TPSA) is 94.9 Å². The number of hydrogen-bond donors (Lipinski definition) is 0. The van der Waals surface area contributed by atoms with E-state index in [2.05, 4.69) is 21.2 Å². The Balaban J connectivity index is 2.19. The molecule has 0 heterocycles. The van der Waals surface area contributed by atoms with Crippen LogP contribution in [0.1, 0.15) is 13.3 Å². The summed E-state index contributed by atoms with van der Waals surface area (Å²) in [7, 11) is 0. The molecule has 9 heteroatoms. The van der Waals surface area contributed by atoms with Gasteiger partial charge < -0.3 is 4.90 Å². The Morgan fingerprint density at radius 2 is 1.81 bits per heavy atom. The fourth-order valence-electron chi connectivity index (χ4n) is 2.25. The Hall–Kier alpha value is -2.69. The first-order chi connectivity index (χ1) is 12.5. The van der Waals surface area contributed by atoms with Gasteiger partial charge in [-0.1, -0.05) is 23.2 Å². The fraction of sp³-hybridized carbons (Fsp3) is 0.235. The van der Waals surface area contributed by atoms with Gasteiger partial charge in [0.05, 0.1) is 33.1 Å². The molecule has 0 aliphatic carbocycles. The number of nitrogens with zero attached hydrogens (tertiary/aromatic N) is 5. The second kappa shape index (κ2) is 9.13. The molecule has 0 bridgehead atoms. The Labute approximate surface area is 160 Å². The summed E-state index contributed by atoms with van der Waals surface area (Å²) in [6.45, 7) is 3.46. The lowest BCUT2D eigenvalue weighted by Crippen LogP contribution is -2.23.